The van der Waals surface area contributed by atoms with Gasteiger partial charge in [0, 0.05) is 0 Å². The molecule has 1 heterocycles. The highest BCUT2D eigenvalue weighted by Gasteiger charge is 2.37. The Balaban J connectivity index is 1.87. The van der Waals surface area contributed by atoms with Crippen LogP contribution in [-0.2, 0) is 4.74 Å². The lowest BCUT2D eigenvalue weighted by Gasteiger charge is -2.23. The highest BCUT2D eigenvalue weighted by Crippen LogP contribution is 2.37. The number of rotatable bonds is 3. The molecular weight excluding hydrogens is 276 g/mol. The first-order valence-corrected chi connectivity index (χ1v) is 7.61. The maximum atomic E-state index is 12.2. The standard InChI is InChI=1S/C18H20N2O2/c1-2-22-18(21)20-17(15-11-7-4-8-12-15)13-16(19-20)14-9-5-3-6-10-14/h3-12,16-17,19H,2,13H2,1H3/t16-,17+/m1/s1. The van der Waals surface area contributed by atoms with Crippen molar-refractivity contribution in [2.45, 2.75) is 25.4 Å². The number of amides is 1. The Morgan fingerprint density at radius 1 is 1.09 bits per heavy atom. The Hall–Kier alpha value is -2.33. The molecular formula is C18H20N2O2. The summed E-state index contributed by atoms with van der Waals surface area (Å²) in [4.78, 5) is 12.2. The van der Waals surface area contributed by atoms with Gasteiger partial charge in [-0.15, -0.1) is 0 Å². The molecule has 1 fully saturated rings. The number of nitrogens with one attached hydrogen (secondary N) is 1. The van der Waals surface area contributed by atoms with Gasteiger partial charge >= 0.3 is 6.09 Å². The van der Waals surface area contributed by atoms with Gasteiger partial charge in [-0.2, -0.15) is 0 Å². The molecule has 0 saturated carbocycles. The normalized spacial score (nSPS) is 20.9. The van der Waals surface area contributed by atoms with Gasteiger partial charge in [-0.3, -0.25) is 0 Å². The van der Waals surface area contributed by atoms with Crippen molar-refractivity contribution in [3.05, 3.63) is 71.8 Å². The van der Waals surface area contributed by atoms with E-state index in [1.807, 2.05) is 55.5 Å². The second-order valence-electron chi connectivity index (χ2n) is 5.32. The zero-order chi connectivity index (χ0) is 15.4. The largest absolute Gasteiger partial charge is 0.449 e. The molecule has 114 valence electrons. The van der Waals surface area contributed by atoms with Crippen LogP contribution in [0.5, 0.6) is 0 Å². The molecule has 0 spiro atoms. The number of hydrogen-bond donors (Lipinski definition) is 1. The van der Waals surface area contributed by atoms with Crippen LogP contribution in [0.4, 0.5) is 4.79 Å². The van der Waals surface area contributed by atoms with Crippen molar-refractivity contribution in [1.82, 2.24) is 10.4 Å². The van der Waals surface area contributed by atoms with Gasteiger partial charge in [-0.25, -0.2) is 15.2 Å². The number of benzene rings is 2. The van der Waals surface area contributed by atoms with Gasteiger partial charge in [0.2, 0.25) is 0 Å². The Kier molecular flexibility index (Phi) is 4.39. The van der Waals surface area contributed by atoms with E-state index < -0.39 is 0 Å². The summed E-state index contributed by atoms with van der Waals surface area (Å²) < 4.78 is 5.19. The summed E-state index contributed by atoms with van der Waals surface area (Å²) in [5, 5.41) is 1.62. The van der Waals surface area contributed by atoms with Gasteiger partial charge in [0.25, 0.3) is 0 Å². The van der Waals surface area contributed by atoms with E-state index in [1.54, 1.807) is 5.01 Å². The predicted molar refractivity (Wildman–Crippen MR) is 85.0 cm³/mol. The SMILES string of the molecule is CCOC(=O)N1N[C@@H](c2ccccc2)C[C@H]1c1ccccc1. The summed E-state index contributed by atoms with van der Waals surface area (Å²) in [5.41, 5.74) is 5.59. The number of nitrogens with zero attached hydrogens (tertiary/aromatic N) is 1. The smallest absolute Gasteiger partial charge is 0.424 e. The quantitative estimate of drug-likeness (QED) is 0.935. The second-order valence-corrected chi connectivity index (χ2v) is 5.32. The van der Waals surface area contributed by atoms with Crippen molar-refractivity contribution in [2.24, 2.45) is 0 Å². The average Bonchev–Trinajstić information content (AvgIpc) is 3.02. The molecule has 3 rings (SSSR count). The third-order valence-electron chi connectivity index (χ3n) is 3.92. The van der Waals surface area contributed by atoms with E-state index >= 15 is 0 Å². The molecule has 1 saturated heterocycles. The molecule has 1 amide bonds. The van der Waals surface area contributed by atoms with Crippen molar-refractivity contribution in [3.8, 4) is 0 Å². The molecule has 4 heteroatoms. The van der Waals surface area contributed by atoms with Crippen LogP contribution >= 0.6 is 0 Å². The van der Waals surface area contributed by atoms with Crippen LogP contribution in [-0.4, -0.2) is 17.7 Å². The van der Waals surface area contributed by atoms with Gasteiger partial charge in [0.15, 0.2) is 0 Å². The van der Waals surface area contributed by atoms with E-state index in [0.29, 0.717) is 6.61 Å². The van der Waals surface area contributed by atoms with E-state index in [1.165, 1.54) is 5.56 Å². The van der Waals surface area contributed by atoms with Crippen molar-refractivity contribution >= 4 is 6.09 Å². The van der Waals surface area contributed by atoms with Crippen LogP contribution in [0.2, 0.25) is 0 Å². The summed E-state index contributed by atoms with van der Waals surface area (Å²) in [6.07, 6.45) is 0.502. The molecule has 1 aliphatic heterocycles. The van der Waals surface area contributed by atoms with Gasteiger partial charge in [0.1, 0.15) is 0 Å². The Morgan fingerprint density at radius 2 is 1.68 bits per heavy atom. The first kappa shape index (κ1) is 14.6. The van der Waals surface area contributed by atoms with Crippen LogP contribution < -0.4 is 5.43 Å². The monoisotopic (exact) mass is 296 g/mol. The zero-order valence-electron chi connectivity index (χ0n) is 12.6. The molecule has 0 aromatic heterocycles. The van der Waals surface area contributed by atoms with E-state index in [4.69, 9.17) is 4.74 Å². The Morgan fingerprint density at radius 3 is 2.27 bits per heavy atom. The molecule has 22 heavy (non-hydrogen) atoms. The second kappa shape index (κ2) is 6.62. The van der Waals surface area contributed by atoms with Crippen molar-refractivity contribution in [2.75, 3.05) is 6.61 Å². The third-order valence-corrected chi connectivity index (χ3v) is 3.92. The Bertz CT molecular complexity index is 615. The Labute approximate surface area is 130 Å². The highest BCUT2D eigenvalue weighted by atomic mass is 16.6. The summed E-state index contributed by atoms with van der Waals surface area (Å²) in [6, 6.07) is 20.3. The first-order chi connectivity index (χ1) is 10.8. The van der Waals surface area contributed by atoms with Crippen LogP contribution in [0.1, 0.15) is 36.6 Å². The average molecular weight is 296 g/mol. The zero-order valence-corrected chi connectivity index (χ0v) is 12.6. The molecule has 0 radical (unpaired) electrons. The lowest BCUT2D eigenvalue weighted by molar-refractivity contribution is 0.0825. The highest BCUT2D eigenvalue weighted by molar-refractivity contribution is 5.68. The van der Waals surface area contributed by atoms with Gasteiger partial charge in [-0.05, 0) is 24.5 Å². The number of hydrogen-bond acceptors (Lipinski definition) is 3. The lowest BCUT2D eigenvalue weighted by atomic mass is 9.97. The third kappa shape index (κ3) is 2.97. The number of carbonyl (C=O) groups excluding carboxylic acids is 1. The first-order valence-electron chi connectivity index (χ1n) is 7.61. The van der Waals surface area contributed by atoms with Crippen LogP contribution in [0.25, 0.3) is 0 Å². The van der Waals surface area contributed by atoms with Crippen LogP contribution in [0, 0.1) is 0 Å². The minimum atomic E-state index is -0.324. The molecule has 2 aromatic carbocycles. The molecule has 2 atom stereocenters. The molecule has 1 N–H and O–H groups in total. The number of carbonyl (C=O) groups is 1. The van der Waals surface area contributed by atoms with Crippen molar-refractivity contribution in [1.29, 1.82) is 0 Å². The summed E-state index contributed by atoms with van der Waals surface area (Å²) >= 11 is 0. The molecule has 0 bridgehead atoms. The van der Waals surface area contributed by atoms with E-state index in [2.05, 4.69) is 17.6 Å². The molecule has 2 aromatic rings. The van der Waals surface area contributed by atoms with Crippen molar-refractivity contribution in [3.63, 3.8) is 0 Å². The number of hydrazine groups is 1. The predicted octanol–water partition coefficient (Wildman–Crippen LogP) is 3.84. The summed E-state index contributed by atoms with van der Waals surface area (Å²) in [5.74, 6) is 0. The van der Waals surface area contributed by atoms with Gasteiger partial charge < -0.3 is 4.74 Å². The van der Waals surface area contributed by atoms with E-state index in [-0.39, 0.29) is 18.2 Å². The van der Waals surface area contributed by atoms with Crippen LogP contribution in [0.15, 0.2) is 60.7 Å². The fourth-order valence-corrected chi connectivity index (χ4v) is 2.87. The lowest BCUT2D eigenvalue weighted by Crippen LogP contribution is -2.39. The topological polar surface area (TPSA) is 41.6 Å². The number of ether oxygens (including phenoxy) is 1. The molecule has 4 nitrogen and oxygen atoms in total. The van der Waals surface area contributed by atoms with E-state index in [0.717, 1.165) is 12.0 Å². The summed E-state index contributed by atoms with van der Waals surface area (Å²) in [7, 11) is 0. The fraction of sp³-hybridized carbons (Fsp3) is 0.278. The van der Waals surface area contributed by atoms with Gasteiger partial charge in [0.05, 0.1) is 18.7 Å². The minimum Gasteiger partial charge on any atom is -0.449 e. The maximum Gasteiger partial charge on any atom is 0.424 e. The van der Waals surface area contributed by atoms with E-state index in [9.17, 15) is 4.79 Å². The molecule has 1 aliphatic rings. The minimum absolute atomic E-state index is 0.0227. The summed E-state index contributed by atoms with van der Waals surface area (Å²) in [6.45, 7) is 2.19. The van der Waals surface area contributed by atoms with Crippen LogP contribution in [0.3, 0.4) is 0 Å². The molecule has 0 unspecified atom stereocenters. The fourth-order valence-electron chi connectivity index (χ4n) is 2.87. The van der Waals surface area contributed by atoms with Crippen molar-refractivity contribution < 1.29 is 9.53 Å². The molecule has 0 aliphatic carbocycles. The van der Waals surface area contributed by atoms with Gasteiger partial charge in [-0.1, -0.05) is 60.7 Å². The maximum absolute atomic E-state index is 12.2.